The number of carbonyl (C=O) groups is 2. The van der Waals surface area contributed by atoms with E-state index in [9.17, 15) is 9.59 Å². The van der Waals surface area contributed by atoms with Gasteiger partial charge >= 0.3 is 0 Å². The van der Waals surface area contributed by atoms with Crippen LogP contribution in [0.25, 0.3) is 17.0 Å². The number of benzene rings is 1. The Kier molecular flexibility index (Phi) is 7.19. The predicted molar refractivity (Wildman–Crippen MR) is 123 cm³/mol. The number of hydrogen-bond acceptors (Lipinski definition) is 6. The number of H-pyrrole nitrogens is 1. The number of carbonyl (C=O) groups excluding carboxylic acids is 2. The topological polar surface area (TPSA) is 118 Å². The van der Waals surface area contributed by atoms with E-state index in [0.29, 0.717) is 12.2 Å². The van der Waals surface area contributed by atoms with E-state index in [1.807, 2.05) is 30.3 Å². The van der Waals surface area contributed by atoms with E-state index in [0.717, 1.165) is 48.3 Å². The lowest BCUT2D eigenvalue weighted by atomic mass is 10.1. The highest BCUT2D eigenvalue weighted by Gasteiger charge is 2.19. The highest BCUT2D eigenvalue weighted by Crippen LogP contribution is 2.22. The van der Waals surface area contributed by atoms with Gasteiger partial charge in [-0.05, 0) is 30.9 Å². The van der Waals surface area contributed by atoms with E-state index in [-0.39, 0.29) is 24.2 Å². The molecule has 0 aliphatic heterocycles. The molecular weight excluding hydrogens is 418 g/mol. The summed E-state index contributed by atoms with van der Waals surface area (Å²) in [5.74, 6) is 1.30. The fourth-order valence-electron chi connectivity index (χ4n) is 3.74. The zero-order chi connectivity index (χ0) is 23.0. The van der Waals surface area contributed by atoms with Crippen molar-refractivity contribution in [3.8, 4) is 11.3 Å². The Balaban J connectivity index is 1.44. The summed E-state index contributed by atoms with van der Waals surface area (Å²) in [5.41, 5.74) is 2.69. The SMILES string of the molecule is CC(=O)CCCCC[C@H](NC(=O)Cc1cnc2ncnn2c1)c1ncc(-c2ccccc2)[nH]1. The highest BCUT2D eigenvalue weighted by atomic mass is 16.1. The predicted octanol–water partition coefficient (Wildman–Crippen LogP) is 3.45. The molecular formula is C24H27N7O2. The number of unbranched alkanes of at least 4 members (excludes halogenated alkanes) is 2. The Labute approximate surface area is 191 Å². The Bertz CT molecular complexity index is 1220. The molecule has 0 bridgehead atoms. The third-order valence-electron chi connectivity index (χ3n) is 5.42. The first-order valence-electron chi connectivity index (χ1n) is 11.1. The summed E-state index contributed by atoms with van der Waals surface area (Å²) < 4.78 is 1.55. The number of hydrogen-bond donors (Lipinski definition) is 2. The van der Waals surface area contributed by atoms with Gasteiger partial charge in [0.25, 0.3) is 5.78 Å². The molecule has 2 N–H and O–H groups in total. The minimum Gasteiger partial charge on any atom is -0.346 e. The molecule has 4 aromatic rings. The maximum Gasteiger partial charge on any atom is 0.252 e. The number of fused-ring (bicyclic) bond motifs is 1. The lowest BCUT2D eigenvalue weighted by Crippen LogP contribution is -2.30. The number of amides is 1. The maximum absolute atomic E-state index is 12.9. The normalized spacial score (nSPS) is 12.0. The zero-order valence-corrected chi connectivity index (χ0v) is 18.6. The molecule has 0 unspecified atom stereocenters. The van der Waals surface area contributed by atoms with Gasteiger partial charge in [-0.15, -0.1) is 0 Å². The molecule has 0 saturated heterocycles. The summed E-state index contributed by atoms with van der Waals surface area (Å²) in [6.07, 6.45) is 10.8. The molecule has 0 aliphatic carbocycles. The summed E-state index contributed by atoms with van der Waals surface area (Å²) in [5, 5.41) is 7.18. The van der Waals surface area contributed by atoms with Gasteiger partial charge < -0.3 is 15.1 Å². The van der Waals surface area contributed by atoms with Gasteiger partial charge in [0.2, 0.25) is 5.91 Å². The number of nitrogens with zero attached hydrogens (tertiary/aromatic N) is 5. The lowest BCUT2D eigenvalue weighted by molar-refractivity contribution is -0.121. The number of imidazole rings is 1. The van der Waals surface area contributed by atoms with E-state index in [4.69, 9.17) is 0 Å². The Hall–Kier alpha value is -3.88. The van der Waals surface area contributed by atoms with Crippen molar-refractivity contribution in [2.75, 3.05) is 0 Å². The Morgan fingerprint density at radius 2 is 1.91 bits per heavy atom. The molecule has 3 aromatic heterocycles. The van der Waals surface area contributed by atoms with Crippen LogP contribution >= 0.6 is 0 Å². The monoisotopic (exact) mass is 445 g/mol. The number of nitrogens with one attached hydrogen (secondary N) is 2. The van der Waals surface area contributed by atoms with Crippen LogP contribution in [0.3, 0.4) is 0 Å². The zero-order valence-electron chi connectivity index (χ0n) is 18.6. The third-order valence-corrected chi connectivity index (χ3v) is 5.42. The molecule has 4 rings (SSSR count). The largest absolute Gasteiger partial charge is 0.346 e. The first kappa shape index (κ1) is 22.3. The van der Waals surface area contributed by atoms with Gasteiger partial charge in [0.15, 0.2) is 0 Å². The molecule has 9 heteroatoms. The third kappa shape index (κ3) is 6.09. The van der Waals surface area contributed by atoms with E-state index in [2.05, 4.69) is 30.4 Å². The number of ketones is 1. The number of aromatic nitrogens is 6. The van der Waals surface area contributed by atoms with Crippen LogP contribution in [0.15, 0.2) is 55.2 Å². The van der Waals surface area contributed by atoms with Crippen molar-refractivity contribution in [2.45, 2.75) is 51.5 Å². The van der Waals surface area contributed by atoms with E-state index < -0.39 is 0 Å². The molecule has 0 fully saturated rings. The van der Waals surface area contributed by atoms with Crippen LogP contribution in [0, 0.1) is 0 Å². The quantitative estimate of drug-likeness (QED) is 0.341. The molecule has 0 radical (unpaired) electrons. The molecule has 9 nitrogen and oxygen atoms in total. The molecule has 170 valence electrons. The van der Waals surface area contributed by atoms with Crippen molar-refractivity contribution in [3.05, 3.63) is 66.6 Å². The molecule has 0 spiro atoms. The minimum atomic E-state index is -0.254. The first-order valence-corrected chi connectivity index (χ1v) is 11.1. The fraction of sp³-hybridized carbons (Fsp3) is 0.333. The lowest BCUT2D eigenvalue weighted by Gasteiger charge is -2.17. The van der Waals surface area contributed by atoms with Gasteiger partial charge in [-0.1, -0.05) is 43.2 Å². The average molecular weight is 446 g/mol. The Morgan fingerprint density at radius 1 is 1.06 bits per heavy atom. The fourth-order valence-corrected chi connectivity index (χ4v) is 3.74. The molecule has 1 amide bonds. The van der Waals surface area contributed by atoms with Crippen molar-refractivity contribution < 1.29 is 9.59 Å². The van der Waals surface area contributed by atoms with Gasteiger partial charge in [0.1, 0.15) is 17.9 Å². The average Bonchev–Trinajstić information content (AvgIpc) is 3.48. The van der Waals surface area contributed by atoms with Crippen molar-refractivity contribution >= 4 is 17.5 Å². The van der Waals surface area contributed by atoms with Crippen LogP contribution in [0.5, 0.6) is 0 Å². The molecule has 1 atom stereocenters. The van der Waals surface area contributed by atoms with Crippen molar-refractivity contribution in [2.24, 2.45) is 0 Å². The molecule has 33 heavy (non-hydrogen) atoms. The van der Waals surface area contributed by atoms with Crippen LogP contribution in [-0.4, -0.2) is 41.2 Å². The minimum absolute atomic E-state index is 0.123. The second-order valence-electron chi connectivity index (χ2n) is 8.11. The molecule has 3 heterocycles. The number of Topliss-reactive ketones (excluding diaryl/α,β-unsaturated/α-hetero) is 1. The molecule has 0 aliphatic rings. The summed E-state index contributed by atoms with van der Waals surface area (Å²) >= 11 is 0. The summed E-state index contributed by atoms with van der Waals surface area (Å²) in [4.78, 5) is 40.2. The van der Waals surface area contributed by atoms with Crippen molar-refractivity contribution in [1.29, 1.82) is 0 Å². The van der Waals surface area contributed by atoms with Gasteiger partial charge in [-0.3, -0.25) is 4.79 Å². The summed E-state index contributed by atoms with van der Waals surface area (Å²) in [6.45, 7) is 1.61. The van der Waals surface area contributed by atoms with E-state index in [1.165, 1.54) is 6.33 Å². The number of rotatable bonds is 11. The Morgan fingerprint density at radius 3 is 2.73 bits per heavy atom. The van der Waals surface area contributed by atoms with Crippen LogP contribution in [-0.2, 0) is 16.0 Å². The standard InChI is InChI=1S/C24H27N7O2/c1-17(32)8-4-2-7-11-20(23-25-14-21(30-23)19-9-5-3-6-10-19)29-22(33)12-18-13-26-24-27-16-28-31(24)15-18/h3,5-6,9-10,13-16,20H,2,4,7-8,11-12H2,1H3,(H,25,30)(H,29,33)/t20-/m0/s1. The van der Waals surface area contributed by atoms with Gasteiger partial charge in [-0.2, -0.15) is 10.1 Å². The second kappa shape index (κ2) is 10.6. The van der Waals surface area contributed by atoms with Crippen LogP contribution < -0.4 is 5.32 Å². The number of aromatic amines is 1. The van der Waals surface area contributed by atoms with Crippen molar-refractivity contribution in [1.82, 2.24) is 34.9 Å². The van der Waals surface area contributed by atoms with Gasteiger partial charge in [0.05, 0.1) is 24.4 Å². The second-order valence-corrected chi connectivity index (χ2v) is 8.11. The maximum atomic E-state index is 12.9. The van der Waals surface area contributed by atoms with Gasteiger partial charge in [-0.25, -0.2) is 14.5 Å². The van der Waals surface area contributed by atoms with E-state index >= 15 is 0 Å². The summed E-state index contributed by atoms with van der Waals surface area (Å²) in [7, 11) is 0. The van der Waals surface area contributed by atoms with E-state index in [1.54, 1.807) is 30.0 Å². The van der Waals surface area contributed by atoms with Gasteiger partial charge in [0, 0.05) is 18.8 Å². The molecule has 0 saturated carbocycles. The van der Waals surface area contributed by atoms with Crippen LogP contribution in [0.1, 0.15) is 56.5 Å². The van der Waals surface area contributed by atoms with Crippen molar-refractivity contribution in [3.63, 3.8) is 0 Å². The summed E-state index contributed by atoms with van der Waals surface area (Å²) in [6, 6.07) is 9.69. The first-order chi connectivity index (χ1) is 16.1. The molecule has 1 aromatic carbocycles. The van der Waals surface area contributed by atoms with Crippen LogP contribution in [0.2, 0.25) is 0 Å². The highest BCUT2D eigenvalue weighted by molar-refractivity contribution is 5.78. The van der Waals surface area contributed by atoms with Crippen LogP contribution in [0.4, 0.5) is 0 Å². The smallest absolute Gasteiger partial charge is 0.252 e.